The van der Waals surface area contributed by atoms with Crippen molar-refractivity contribution in [3.05, 3.63) is 35.9 Å². The molecule has 0 bridgehead atoms. The topological polar surface area (TPSA) is 32.3 Å². The number of likely N-dealkylation sites (tertiary alicyclic amines) is 1. The Bertz CT molecular complexity index is 451. The van der Waals surface area contributed by atoms with Gasteiger partial charge < -0.3 is 10.2 Å². The van der Waals surface area contributed by atoms with Gasteiger partial charge >= 0.3 is 0 Å². The summed E-state index contributed by atoms with van der Waals surface area (Å²) in [4.78, 5) is 14.7. The minimum atomic E-state index is 0.195. The van der Waals surface area contributed by atoms with Crippen LogP contribution in [0.25, 0.3) is 0 Å². The number of piperidine rings is 1. The van der Waals surface area contributed by atoms with Gasteiger partial charge in [0.05, 0.1) is 5.92 Å². The molecule has 2 aliphatic heterocycles. The summed E-state index contributed by atoms with van der Waals surface area (Å²) < 4.78 is 0. The average Bonchev–Trinajstić information content (AvgIpc) is 2.98. The number of rotatable bonds is 2. The molecule has 0 aromatic heterocycles. The van der Waals surface area contributed by atoms with Gasteiger partial charge in [0.25, 0.3) is 0 Å². The molecule has 1 N–H and O–H groups in total. The van der Waals surface area contributed by atoms with Crippen LogP contribution in [0.15, 0.2) is 30.3 Å². The second kappa shape index (κ2) is 5.96. The molecule has 3 rings (SSSR count). The van der Waals surface area contributed by atoms with E-state index in [0.29, 0.717) is 17.9 Å². The van der Waals surface area contributed by atoms with Gasteiger partial charge in [-0.1, -0.05) is 30.3 Å². The molecule has 2 aliphatic rings. The van der Waals surface area contributed by atoms with Crippen LogP contribution in [0.1, 0.15) is 37.7 Å². The van der Waals surface area contributed by atoms with Crippen molar-refractivity contribution in [2.45, 2.75) is 38.1 Å². The highest BCUT2D eigenvalue weighted by molar-refractivity contribution is 5.79. The van der Waals surface area contributed by atoms with Gasteiger partial charge in [0, 0.05) is 31.6 Å². The fraction of sp³-hybridized carbons (Fsp3) is 0.588. The summed E-state index contributed by atoms with van der Waals surface area (Å²) in [6.45, 7) is 4.87. The molecule has 2 saturated heterocycles. The molecule has 3 unspecified atom stereocenters. The SMILES string of the molecule is CC1CCC(C(=O)N2CCC(c3ccccc3)C2)CN1. The molecular formula is C17H24N2O. The third kappa shape index (κ3) is 2.88. The van der Waals surface area contributed by atoms with Gasteiger partial charge in [0.1, 0.15) is 0 Å². The van der Waals surface area contributed by atoms with Crippen LogP contribution in [0.3, 0.4) is 0 Å². The fourth-order valence-corrected chi connectivity index (χ4v) is 3.43. The summed E-state index contributed by atoms with van der Waals surface area (Å²) in [5.41, 5.74) is 1.37. The maximum atomic E-state index is 12.6. The first-order chi connectivity index (χ1) is 9.74. The average molecular weight is 272 g/mol. The first-order valence-corrected chi connectivity index (χ1v) is 7.81. The molecule has 3 atom stereocenters. The Morgan fingerprint density at radius 3 is 2.70 bits per heavy atom. The number of hydrogen-bond acceptors (Lipinski definition) is 2. The standard InChI is InChI=1S/C17H24N2O/c1-13-7-8-15(11-18-13)17(20)19-10-9-16(12-19)14-5-3-2-4-6-14/h2-6,13,15-16,18H,7-12H2,1H3. The van der Waals surface area contributed by atoms with Crippen molar-refractivity contribution >= 4 is 5.91 Å². The van der Waals surface area contributed by atoms with E-state index in [-0.39, 0.29) is 5.92 Å². The third-order valence-corrected chi connectivity index (χ3v) is 4.78. The molecule has 1 aromatic rings. The van der Waals surface area contributed by atoms with Gasteiger partial charge in [-0.2, -0.15) is 0 Å². The number of carbonyl (C=O) groups is 1. The van der Waals surface area contributed by atoms with E-state index in [1.165, 1.54) is 5.56 Å². The van der Waals surface area contributed by atoms with Crippen LogP contribution in [0.4, 0.5) is 0 Å². The van der Waals surface area contributed by atoms with Crippen LogP contribution in [-0.2, 0) is 4.79 Å². The van der Waals surface area contributed by atoms with Crippen LogP contribution in [0.5, 0.6) is 0 Å². The zero-order valence-electron chi connectivity index (χ0n) is 12.2. The van der Waals surface area contributed by atoms with E-state index >= 15 is 0 Å². The van der Waals surface area contributed by atoms with E-state index in [4.69, 9.17) is 0 Å². The molecule has 1 amide bonds. The van der Waals surface area contributed by atoms with Crippen LogP contribution >= 0.6 is 0 Å². The molecule has 0 aliphatic carbocycles. The Morgan fingerprint density at radius 1 is 1.20 bits per heavy atom. The van der Waals surface area contributed by atoms with Crippen LogP contribution < -0.4 is 5.32 Å². The van der Waals surface area contributed by atoms with Gasteiger partial charge in [-0.15, -0.1) is 0 Å². The quantitative estimate of drug-likeness (QED) is 0.896. The molecule has 0 spiro atoms. The second-order valence-electron chi connectivity index (χ2n) is 6.26. The summed E-state index contributed by atoms with van der Waals surface area (Å²) >= 11 is 0. The molecule has 3 nitrogen and oxygen atoms in total. The van der Waals surface area contributed by atoms with E-state index in [1.54, 1.807) is 0 Å². The Morgan fingerprint density at radius 2 is 2.00 bits per heavy atom. The lowest BCUT2D eigenvalue weighted by atomic mass is 9.94. The van der Waals surface area contributed by atoms with E-state index < -0.39 is 0 Å². The van der Waals surface area contributed by atoms with Crippen molar-refractivity contribution in [1.82, 2.24) is 10.2 Å². The monoisotopic (exact) mass is 272 g/mol. The van der Waals surface area contributed by atoms with Gasteiger partial charge in [0.15, 0.2) is 0 Å². The van der Waals surface area contributed by atoms with E-state index in [2.05, 4.69) is 47.5 Å². The number of carbonyl (C=O) groups excluding carboxylic acids is 1. The first kappa shape index (κ1) is 13.6. The molecule has 3 heteroatoms. The minimum Gasteiger partial charge on any atom is -0.342 e. The zero-order valence-corrected chi connectivity index (χ0v) is 12.2. The Kier molecular flexibility index (Phi) is 4.06. The van der Waals surface area contributed by atoms with E-state index in [9.17, 15) is 4.79 Å². The molecule has 2 fully saturated rings. The highest BCUT2D eigenvalue weighted by Gasteiger charge is 2.32. The summed E-state index contributed by atoms with van der Waals surface area (Å²) in [7, 11) is 0. The van der Waals surface area contributed by atoms with Crippen molar-refractivity contribution in [1.29, 1.82) is 0 Å². The van der Waals surface area contributed by atoms with Gasteiger partial charge in [-0.25, -0.2) is 0 Å². The van der Waals surface area contributed by atoms with Crippen molar-refractivity contribution in [2.75, 3.05) is 19.6 Å². The van der Waals surface area contributed by atoms with Crippen LogP contribution in [0.2, 0.25) is 0 Å². The van der Waals surface area contributed by atoms with Crippen molar-refractivity contribution in [2.24, 2.45) is 5.92 Å². The largest absolute Gasteiger partial charge is 0.342 e. The Labute approximate surface area is 121 Å². The minimum absolute atomic E-state index is 0.195. The molecule has 1 aromatic carbocycles. The van der Waals surface area contributed by atoms with E-state index in [0.717, 1.165) is 38.9 Å². The molecule has 108 valence electrons. The van der Waals surface area contributed by atoms with Crippen molar-refractivity contribution in [3.63, 3.8) is 0 Å². The van der Waals surface area contributed by atoms with Crippen LogP contribution in [-0.4, -0.2) is 36.5 Å². The number of benzene rings is 1. The molecular weight excluding hydrogens is 248 g/mol. The lowest BCUT2D eigenvalue weighted by Gasteiger charge is -2.30. The Hall–Kier alpha value is -1.35. The smallest absolute Gasteiger partial charge is 0.226 e. The zero-order chi connectivity index (χ0) is 13.9. The summed E-state index contributed by atoms with van der Waals surface area (Å²) in [6, 6.07) is 11.2. The third-order valence-electron chi connectivity index (χ3n) is 4.78. The normalized spacial score (nSPS) is 30.4. The van der Waals surface area contributed by atoms with Crippen LogP contribution in [0, 0.1) is 5.92 Å². The summed E-state index contributed by atoms with van der Waals surface area (Å²) in [6.07, 6.45) is 3.26. The molecule has 0 radical (unpaired) electrons. The maximum Gasteiger partial charge on any atom is 0.226 e. The molecule has 0 saturated carbocycles. The fourth-order valence-electron chi connectivity index (χ4n) is 3.43. The first-order valence-electron chi connectivity index (χ1n) is 7.81. The van der Waals surface area contributed by atoms with Crippen molar-refractivity contribution in [3.8, 4) is 0 Å². The number of amides is 1. The lowest BCUT2D eigenvalue weighted by Crippen LogP contribution is -2.45. The van der Waals surface area contributed by atoms with Gasteiger partial charge in [0.2, 0.25) is 5.91 Å². The van der Waals surface area contributed by atoms with Crippen molar-refractivity contribution < 1.29 is 4.79 Å². The number of nitrogens with one attached hydrogen (secondary N) is 1. The van der Waals surface area contributed by atoms with Gasteiger partial charge in [-0.05, 0) is 31.7 Å². The lowest BCUT2D eigenvalue weighted by molar-refractivity contribution is -0.135. The highest BCUT2D eigenvalue weighted by Crippen LogP contribution is 2.29. The second-order valence-corrected chi connectivity index (χ2v) is 6.26. The summed E-state index contributed by atoms with van der Waals surface area (Å²) in [5, 5.41) is 3.43. The predicted molar refractivity (Wildman–Crippen MR) is 80.6 cm³/mol. The highest BCUT2D eigenvalue weighted by atomic mass is 16.2. The summed E-state index contributed by atoms with van der Waals surface area (Å²) in [5.74, 6) is 1.08. The molecule has 20 heavy (non-hydrogen) atoms. The van der Waals surface area contributed by atoms with E-state index in [1.807, 2.05) is 0 Å². The number of nitrogens with zero attached hydrogens (tertiary/aromatic N) is 1. The van der Waals surface area contributed by atoms with Gasteiger partial charge in [-0.3, -0.25) is 4.79 Å². The number of hydrogen-bond donors (Lipinski definition) is 1. The Balaban J connectivity index is 1.58. The maximum absolute atomic E-state index is 12.6. The predicted octanol–water partition coefficient (Wildman–Crippen LogP) is 2.39. The molecule has 2 heterocycles.